The van der Waals surface area contributed by atoms with Gasteiger partial charge in [-0.3, -0.25) is 4.98 Å². The fraction of sp³-hybridized carbons (Fsp3) is 0.500. The molecule has 0 saturated heterocycles. The van der Waals surface area contributed by atoms with Crippen LogP contribution in [-0.2, 0) is 11.3 Å². The van der Waals surface area contributed by atoms with Crippen molar-refractivity contribution in [1.29, 1.82) is 0 Å². The van der Waals surface area contributed by atoms with Gasteiger partial charge in [-0.15, -0.1) is 0 Å². The van der Waals surface area contributed by atoms with Crippen LogP contribution in [0.5, 0.6) is 0 Å². The molecule has 1 aliphatic rings. The minimum atomic E-state index is 0.596. The molecule has 0 radical (unpaired) electrons. The number of benzene rings is 1. The summed E-state index contributed by atoms with van der Waals surface area (Å²) in [5.74, 6) is 1.27. The molecule has 2 atom stereocenters. The number of pyridine rings is 1. The Hall–Kier alpha value is -1.45. The molecule has 0 spiro atoms. The molecule has 1 fully saturated rings. The van der Waals surface area contributed by atoms with Crippen LogP contribution in [0.2, 0.25) is 0 Å². The molecule has 1 aliphatic carbocycles. The molecule has 0 amide bonds. The lowest BCUT2D eigenvalue weighted by atomic mass is 9.80. The van der Waals surface area contributed by atoms with Crippen molar-refractivity contribution in [3.63, 3.8) is 0 Å². The summed E-state index contributed by atoms with van der Waals surface area (Å²) in [6, 6.07) is 12.4. The van der Waals surface area contributed by atoms with E-state index in [9.17, 15) is 0 Å². The van der Waals surface area contributed by atoms with Crippen molar-refractivity contribution in [2.45, 2.75) is 32.3 Å². The molecule has 2 N–H and O–H groups in total. The number of nitrogens with two attached hydrogens (primary N) is 1. The molecule has 2 unspecified atom stereocenters. The maximum absolute atomic E-state index is 5.92. The van der Waals surface area contributed by atoms with Gasteiger partial charge in [-0.25, -0.2) is 0 Å². The van der Waals surface area contributed by atoms with Crippen LogP contribution >= 0.6 is 0 Å². The van der Waals surface area contributed by atoms with Crippen molar-refractivity contribution in [1.82, 2.24) is 4.98 Å². The zero-order valence-electron chi connectivity index (χ0n) is 12.5. The molecule has 0 bridgehead atoms. The number of rotatable bonds is 5. The van der Waals surface area contributed by atoms with Crippen molar-refractivity contribution >= 4 is 10.9 Å². The lowest BCUT2D eigenvalue weighted by molar-refractivity contribution is 0.0498. The molecule has 3 rings (SSSR count). The van der Waals surface area contributed by atoms with E-state index >= 15 is 0 Å². The maximum Gasteiger partial charge on any atom is 0.0888 e. The summed E-state index contributed by atoms with van der Waals surface area (Å²) < 4.78 is 5.92. The maximum atomic E-state index is 5.92. The first-order valence-electron chi connectivity index (χ1n) is 7.99. The van der Waals surface area contributed by atoms with E-state index in [-0.39, 0.29) is 0 Å². The van der Waals surface area contributed by atoms with Crippen LogP contribution in [0.4, 0.5) is 0 Å². The molecule has 1 heterocycles. The van der Waals surface area contributed by atoms with Crippen LogP contribution in [0.3, 0.4) is 0 Å². The van der Waals surface area contributed by atoms with E-state index in [1.54, 1.807) is 0 Å². The van der Waals surface area contributed by atoms with Crippen molar-refractivity contribution < 1.29 is 4.74 Å². The van der Waals surface area contributed by atoms with Crippen molar-refractivity contribution in [2.75, 3.05) is 13.2 Å². The molecular formula is C18H24N2O. The first kappa shape index (κ1) is 14.5. The molecule has 112 valence electrons. The third-order valence-corrected chi connectivity index (χ3v) is 4.61. The second-order valence-electron chi connectivity index (χ2n) is 6.05. The Balaban J connectivity index is 1.56. The largest absolute Gasteiger partial charge is 0.375 e. The van der Waals surface area contributed by atoms with Crippen LogP contribution < -0.4 is 5.73 Å². The molecule has 3 nitrogen and oxygen atoms in total. The summed E-state index contributed by atoms with van der Waals surface area (Å²) in [5.41, 5.74) is 7.92. The highest BCUT2D eigenvalue weighted by molar-refractivity contribution is 5.78. The Morgan fingerprint density at radius 1 is 1.05 bits per heavy atom. The normalized spacial score (nSPS) is 22.5. The molecule has 1 aromatic heterocycles. The quantitative estimate of drug-likeness (QED) is 0.914. The number of para-hydroxylation sites is 1. The van der Waals surface area contributed by atoms with Gasteiger partial charge >= 0.3 is 0 Å². The minimum Gasteiger partial charge on any atom is -0.375 e. The van der Waals surface area contributed by atoms with Gasteiger partial charge in [0.1, 0.15) is 0 Å². The average molecular weight is 284 g/mol. The lowest BCUT2D eigenvalue weighted by Gasteiger charge is -2.30. The van der Waals surface area contributed by atoms with E-state index in [1.807, 2.05) is 18.2 Å². The third kappa shape index (κ3) is 3.60. The Kier molecular flexibility index (Phi) is 4.84. The lowest BCUT2D eigenvalue weighted by Crippen LogP contribution is -2.29. The van der Waals surface area contributed by atoms with Crippen molar-refractivity contribution in [2.24, 2.45) is 17.6 Å². The van der Waals surface area contributed by atoms with Gasteiger partial charge in [0, 0.05) is 5.39 Å². The second-order valence-corrected chi connectivity index (χ2v) is 6.05. The topological polar surface area (TPSA) is 48.1 Å². The Morgan fingerprint density at radius 3 is 2.71 bits per heavy atom. The van der Waals surface area contributed by atoms with Gasteiger partial charge in [-0.05, 0) is 43.4 Å². The first-order chi connectivity index (χ1) is 10.4. The Bertz CT molecular complexity index is 584. The van der Waals surface area contributed by atoms with Gasteiger partial charge in [-0.1, -0.05) is 37.1 Å². The number of aromatic nitrogens is 1. The van der Waals surface area contributed by atoms with E-state index in [2.05, 4.69) is 23.2 Å². The van der Waals surface area contributed by atoms with Crippen LogP contribution in [0.1, 0.15) is 31.4 Å². The summed E-state index contributed by atoms with van der Waals surface area (Å²) >= 11 is 0. The zero-order valence-corrected chi connectivity index (χ0v) is 12.5. The van der Waals surface area contributed by atoms with Gasteiger partial charge in [-0.2, -0.15) is 0 Å². The van der Waals surface area contributed by atoms with Crippen LogP contribution in [0.15, 0.2) is 36.4 Å². The highest BCUT2D eigenvalue weighted by Gasteiger charge is 2.23. The van der Waals surface area contributed by atoms with Crippen LogP contribution in [0.25, 0.3) is 10.9 Å². The fourth-order valence-electron chi connectivity index (χ4n) is 3.32. The minimum absolute atomic E-state index is 0.596. The van der Waals surface area contributed by atoms with Crippen LogP contribution in [0, 0.1) is 11.8 Å². The van der Waals surface area contributed by atoms with Gasteiger partial charge in [0.2, 0.25) is 0 Å². The SMILES string of the molecule is NCC1CCCCC1COCc1ccc2ccccc2n1. The smallest absolute Gasteiger partial charge is 0.0888 e. The molecule has 1 saturated carbocycles. The van der Waals surface area contributed by atoms with Crippen LogP contribution in [-0.4, -0.2) is 18.1 Å². The van der Waals surface area contributed by atoms with E-state index in [0.29, 0.717) is 18.4 Å². The van der Waals surface area contributed by atoms with Gasteiger partial charge in [0.15, 0.2) is 0 Å². The monoisotopic (exact) mass is 284 g/mol. The predicted octanol–water partition coefficient (Wildman–Crippen LogP) is 3.52. The van der Waals surface area contributed by atoms with Gasteiger partial charge in [0.05, 0.1) is 24.4 Å². The number of hydrogen-bond donors (Lipinski definition) is 1. The number of nitrogens with zero attached hydrogens (tertiary/aromatic N) is 1. The number of hydrogen-bond acceptors (Lipinski definition) is 3. The predicted molar refractivity (Wildman–Crippen MR) is 85.9 cm³/mol. The van der Waals surface area contributed by atoms with E-state index in [4.69, 9.17) is 10.5 Å². The van der Waals surface area contributed by atoms with E-state index in [0.717, 1.165) is 24.4 Å². The Labute approximate surface area is 126 Å². The molecule has 2 aromatic rings. The Morgan fingerprint density at radius 2 is 1.86 bits per heavy atom. The zero-order chi connectivity index (χ0) is 14.5. The second kappa shape index (κ2) is 7.01. The molecule has 3 heteroatoms. The first-order valence-corrected chi connectivity index (χ1v) is 7.99. The van der Waals surface area contributed by atoms with E-state index in [1.165, 1.54) is 31.1 Å². The molecular weight excluding hydrogens is 260 g/mol. The number of ether oxygens (including phenoxy) is 1. The fourth-order valence-corrected chi connectivity index (χ4v) is 3.32. The highest BCUT2D eigenvalue weighted by atomic mass is 16.5. The molecule has 21 heavy (non-hydrogen) atoms. The molecule has 0 aliphatic heterocycles. The van der Waals surface area contributed by atoms with Gasteiger partial charge < -0.3 is 10.5 Å². The molecule has 1 aromatic carbocycles. The number of fused-ring (bicyclic) bond motifs is 1. The van der Waals surface area contributed by atoms with E-state index < -0.39 is 0 Å². The summed E-state index contributed by atoms with van der Waals surface area (Å²) in [5, 5.41) is 1.18. The van der Waals surface area contributed by atoms with Crippen molar-refractivity contribution in [3.05, 3.63) is 42.1 Å². The average Bonchev–Trinajstić information content (AvgIpc) is 2.55. The summed E-state index contributed by atoms with van der Waals surface area (Å²) in [6.07, 6.45) is 5.16. The standard InChI is InChI=1S/C18H24N2O/c19-11-15-6-1-2-7-16(15)12-21-13-17-10-9-14-5-3-4-8-18(14)20-17/h3-5,8-10,15-16H,1-2,6-7,11-13,19H2. The summed E-state index contributed by atoms with van der Waals surface area (Å²) in [4.78, 5) is 4.65. The highest BCUT2D eigenvalue weighted by Crippen LogP contribution is 2.29. The summed E-state index contributed by atoms with van der Waals surface area (Å²) in [7, 11) is 0. The summed E-state index contributed by atoms with van der Waals surface area (Å²) in [6.45, 7) is 2.21. The third-order valence-electron chi connectivity index (χ3n) is 4.61. The van der Waals surface area contributed by atoms with Gasteiger partial charge in [0.25, 0.3) is 0 Å². The van der Waals surface area contributed by atoms with Crippen molar-refractivity contribution in [3.8, 4) is 0 Å².